The molecule has 1 fully saturated rings. The largest absolute Gasteiger partial charge is 0.416 e. The highest BCUT2D eigenvalue weighted by Gasteiger charge is 2.32. The maximum atomic E-state index is 13.1. The van der Waals surface area contributed by atoms with Crippen LogP contribution in [-0.4, -0.2) is 41.2 Å². The van der Waals surface area contributed by atoms with Crippen LogP contribution in [0.4, 0.5) is 18.9 Å². The van der Waals surface area contributed by atoms with Crippen molar-refractivity contribution in [3.05, 3.63) is 42.2 Å². The molecule has 0 bridgehead atoms. The molecule has 1 aromatic carbocycles. The van der Waals surface area contributed by atoms with Gasteiger partial charge in [0, 0.05) is 6.04 Å². The Balaban J connectivity index is 1.52. The van der Waals surface area contributed by atoms with Crippen molar-refractivity contribution in [1.29, 1.82) is 0 Å². The van der Waals surface area contributed by atoms with Gasteiger partial charge in [0.1, 0.15) is 18.5 Å². The molecule has 12 heteroatoms. The van der Waals surface area contributed by atoms with Crippen LogP contribution in [0.25, 0.3) is 5.69 Å². The summed E-state index contributed by atoms with van der Waals surface area (Å²) in [5.74, 6) is 0.304. The number of halogens is 3. The van der Waals surface area contributed by atoms with Gasteiger partial charge in [0.15, 0.2) is 5.16 Å². The van der Waals surface area contributed by atoms with Gasteiger partial charge in [-0.15, -0.1) is 10.2 Å². The molecule has 0 atom stereocenters. The quantitative estimate of drug-likeness (QED) is 0.612. The van der Waals surface area contributed by atoms with Crippen LogP contribution in [0.5, 0.6) is 0 Å². The highest BCUT2D eigenvalue weighted by atomic mass is 32.2. The van der Waals surface area contributed by atoms with E-state index in [4.69, 9.17) is 0 Å². The first kappa shape index (κ1) is 19.4. The summed E-state index contributed by atoms with van der Waals surface area (Å²) >= 11 is 1.20. The van der Waals surface area contributed by atoms with E-state index in [1.165, 1.54) is 35.2 Å². The number of aryl methyl sites for hydroxylation is 1. The first-order valence-corrected chi connectivity index (χ1v) is 9.72. The molecule has 0 unspecified atom stereocenters. The second-order valence-corrected chi connectivity index (χ2v) is 7.48. The fraction of sp³-hybridized carbons (Fsp3) is 0.353. The van der Waals surface area contributed by atoms with E-state index in [0.717, 1.165) is 30.8 Å². The number of hydrogen-bond donors (Lipinski definition) is 1. The van der Waals surface area contributed by atoms with Gasteiger partial charge in [-0.1, -0.05) is 11.8 Å². The SMILES string of the molecule is Cc1nnc(SCC(=O)Nc2cc(C(F)(F)F)ccc2-n2cncn2)n1C1CC1. The number of amides is 1. The number of alkyl halides is 3. The van der Waals surface area contributed by atoms with Crippen molar-refractivity contribution in [3.8, 4) is 5.69 Å². The maximum Gasteiger partial charge on any atom is 0.416 e. The van der Waals surface area contributed by atoms with E-state index < -0.39 is 17.6 Å². The number of nitrogens with zero attached hydrogens (tertiary/aromatic N) is 6. The van der Waals surface area contributed by atoms with Crippen molar-refractivity contribution in [2.45, 2.75) is 37.1 Å². The smallest absolute Gasteiger partial charge is 0.323 e. The molecule has 1 N–H and O–H groups in total. The van der Waals surface area contributed by atoms with Gasteiger partial charge in [-0.25, -0.2) is 9.67 Å². The average molecular weight is 423 g/mol. The number of carbonyl (C=O) groups is 1. The van der Waals surface area contributed by atoms with Crippen LogP contribution in [0.1, 0.15) is 30.3 Å². The summed E-state index contributed by atoms with van der Waals surface area (Å²) in [5.41, 5.74) is -0.588. The Kier molecular flexibility index (Phi) is 5.03. The Morgan fingerprint density at radius 3 is 2.76 bits per heavy atom. The maximum absolute atomic E-state index is 13.1. The minimum Gasteiger partial charge on any atom is -0.323 e. The van der Waals surface area contributed by atoms with Gasteiger partial charge in [-0.05, 0) is 38.0 Å². The third kappa shape index (κ3) is 4.26. The predicted octanol–water partition coefficient (Wildman–Crippen LogP) is 3.25. The van der Waals surface area contributed by atoms with Gasteiger partial charge in [0.05, 0.1) is 22.7 Å². The molecule has 4 rings (SSSR count). The molecule has 152 valence electrons. The Labute approximate surface area is 167 Å². The van der Waals surface area contributed by atoms with Crippen molar-refractivity contribution in [2.24, 2.45) is 0 Å². The summed E-state index contributed by atoms with van der Waals surface area (Å²) < 4.78 is 42.6. The fourth-order valence-electron chi connectivity index (χ4n) is 2.86. The molecular weight excluding hydrogens is 407 g/mol. The first-order chi connectivity index (χ1) is 13.8. The first-order valence-electron chi connectivity index (χ1n) is 8.73. The highest BCUT2D eigenvalue weighted by molar-refractivity contribution is 7.99. The molecule has 1 aliphatic carbocycles. The molecule has 2 aromatic heterocycles. The van der Waals surface area contributed by atoms with Crippen LogP contribution in [0.15, 0.2) is 36.0 Å². The molecular formula is C17H16F3N7OS. The third-order valence-electron chi connectivity index (χ3n) is 4.34. The zero-order chi connectivity index (χ0) is 20.6. The molecule has 0 radical (unpaired) electrons. The molecule has 1 amide bonds. The van der Waals surface area contributed by atoms with E-state index in [1.54, 1.807) is 0 Å². The van der Waals surface area contributed by atoms with E-state index in [9.17, 15) is 18.0 Å². The van der Waals surface area contributed by atoms with Crippen molar-refractivity contribution in [2.75, 3.05) is 11.1 Å². The Hall–Kier alpha value is -2.89. The Morgan fingerprint density at radius 2 is 2.10 bits per heavy atom. The lowest BCUT2D eigenvalue weighted by molar-refractivity contribution is -0.137. The lowest BCUT2D eigenvalue weighted by atomic mass is 10.1. The molecule has 0 saturated heterocycles. The average Bonchev–Trinajstić information content (AvgIpc) is 3.21. The third-order valence-corrected chi connectivity index (χ3v) is 5.29. The van der Waals surface area contributed by atoms with E-state index in [0.29, 0.717) is 11.2 Å². The number of carbonyl (C=O) groups excluding carboxylic acids is 1. The second kappa shape index (κ2) is 7.50. The van der Waals surface area contributed by atoms with Crippen molar-refractivity contribution < 1.29 is 18.0 Å². The van der Waals surface area contributed by atoms with Crippen LogP contribution in [0, 0.1) is 6.92 Å². The van der Waals surface area contributed by atoms with Crippen LogP contribution in [0.2, 0.25) is 0 Å². The second-order valence-electron chi connectivity index (χ2n) is 6.54. The lowest BCUT2D eigenvalue weighted by Crippen LogP contribution is -2.17. The van der Waals surface area contributed by atoms with E-state index in [2.05, 4.69) is 25.6 Å². The summed E-state index contributed by atoms with van der Waals surface area (Å²) in [5, 5.41) is 15.2. The van der Waals surface area contributed by atoms with Gasteiger partial charge in [-0.2, -0.15) is 18.3 Å². The summed E-state index contributed by atoms with van der Waals surface area (Å²) in [6.45, 7) is 1.85. The van der Waals surface area contributed by atoms with E-state index in [-0.39, 0.29) is 17.1 Å². The van der Waals surface area contributed by atoms with Gasteiger partial charge in [0.2, 0.25) is 5.91 Å². The number of anilines is 1. The van der Waals surface area contributed by atoms with Gasteiger partial charge < -0.3 is 9.88 Å². The van der Waals surface area contributed by atoms with Crippen molar-refractivity contribution >= 4 is 23.4 Å². The monoisotopic (exact) mass is 423 g/mol. The Bertz CT molecular complexity index is 1030. The summed E-state index contributed by atoms with van der Waals surface area (Å²) in [7, 11) is 0. The topological polar surface area (TPSA) is 90.5 Å². The standard InChI is InChI=1S/C17H16F3N7OS/c1-10-24-25-16(27(10)12-3-4-12)29-7-15(28)23-13-6-11(17(18,19)20)2-5-14(13)26-9-21-8-22-26/h2,5-6,8-9,12H,3-4,7H2,1H3,(H,23,28). The van der Waals surface area contributed by atoms with Gasteiger partial charge in [0.25, 0.3) is 0 Å². The number of aromatic nitrogens is 6. The molecule has 0 aliphatic heterocycles. The zero-order valence-electron chi connectivity index (χ0n) is 15.2. The predicted molar refractivity (Wildman–Crippen MR) is 98.7 cm³/mol. The summed E-state index contributed by atoms with van der Waals surface area (Å²) in [6, 6.07) is 3.42. The van der Waals surface area contributed by atoms with Crippen molar-refractivity contribution in [3.63, 3.8) is 0 Å². The van der Waals surface area contributed by atoms with Crippen molar-refractivity contribution in [1.82, 2.24) is 29.5 Å². The molecule has 3 aromatic rings. The zero-order valence-corrected chi connectivity index (χ0v) is 16.0. The normalized spacial score (nSPS) is 14.2. The molecule has 1 aliphatic rings. The molecule has 0 spiro atoms. The van der Waals surface area contributed by atoms with Gasteiger partial charge >= 0.3 is 6.18 Å². The molecule has 8 nitrogen and oxygen atoms in total. The van der Waals surface area contributed by atoms with Crippen LogP contribution < -0.4 is 5.32 Å². The Morgan fingerprint density at radius 1 is 1.31 bits per heavy atom. The van der Waals surface area contributed by atoms with Crippen LogP contribution in [0.3, 0.4) is 0 Å². The minimum atomic E-state index is -4.53. The summed E-state index contributed by atoms with van der Waals surface area (Å²) in [6.07, 6.45) is 0.154. The minimum absolute atomic E-state index is 0.00392. The number of rotatable bonds is 6. The van der Waals surface area contributed by atoms with E-state index in [1.807, 2.05) is 11.5 Å². The fourth-order valence-corrected chi connectivity index (χ4v) is 3.71. The lowest BCUT2D eigenvalue weighted by Gasteiger charge is -2.14. The highest BCUT2D eigenvalue weighted by Crippen LogP contribution is 2.38. The van der Waals surface area contributed by atoms with E-state index >= 15 is 0 Å². The van der Waals surface area contributed by atoms with Gasteiger partial charge in [-0.3, -0.25) is 4.79 Å². The van der Waals surface area contributed by atoms with Crippen LogP contribution >= 0.6 is 11.8 Å². The molecule has 1 saturated carbocycles. The molecule has 2 heterocycles. The number of benzene rings is 1. The number of nitrogens with one attached hydrogen (secondary N) is 1. The molecule has 29 heavy (non-hydrogen) atoms. The number of thioether (sulfide) groups is 1. The summed E-state index contributed by atoms with van der Waals surface area (Å²) in [4.78, 5) is 16.3. The number of hydrogen-bond acceptors (Lipinski definition) is 6. The van der Waals surface area contributed by atoms with Crippen LogP contribution in [-0.2, 0) is 11.0 Å².